The zero-order valence-corrected chi connectivity index (χ0v) is 9.34. The summed E-state index contributed by atoms with van der Waals surface area (Å²) in [6, 6.07) is 9.53. The summed E-state index contributed by atoms with van der Waals surface area (Å²) in [7, 11) is 0. The molecule has 16 heavy (non-hydrogen) atoms. The number of carbonyl (C=O) groups is 1. The first-order chi connectivity index (χ1) is 7.49. The van der Waals surface area contributed by atoms with Crippen molar-refractivity contribution in [3.8, 4) is 0 Å². The molecule has 0 aliphatic rings. The van der Waals surface area contributed by atoms with Crippen LogP contribution < -0.4 is 0 Å². The van der Waals surface area contributed by atoms with Gasteiger partial charge in [0.2, 0.25) is 0 Å². The Kier molecular flexibility index (Phi) is 6.28. The highest BCUT2D eigenvalue weighted by Crippen LogP contribution is 1.99. The number of rotatable bonds is 2. The van der Waals surface area contributed by atoms with Gasteiger partial charge in [0.25, 0.3) is 0 Å². The molecule has 1 aromatic carbocycles. The summed E-state index contributed by atoms with van der Waals surface area (Å²) in [5.74, 6) is -0.935. The van der Waals surface area contributed by atoms with Gasteiger partial charge in [-0.1, -0.05) is 42.1 Å². The fourth-order valence-electron chi connectivity index (χ4n) is 0.737. The van der Waals surface area contributed by atoms with E-state index in [9.17, 15) is 4.79 Å². The molecule has 0 atom stereocenters. The second-order valence-corrected chi connectivity index (χ2v) is 3.14. The number of hydrogen-bond acceptors (Lipinski definition) is 3. The number of carboxylic acid groups (broad SMARTS) is 1. The highest BCUT2D eigenvalue weighted by atomic mass is 16.4. The second kappa shape index (κ2) is 7.23. The molecule has 0 bridgehead atoms. The normalized spacial score (nSPS) is 10.0. The summed E-state index contributed by atoms with van der Waals surface area (Å²) in [6.07, 6.45) is 0. The molecule has 0 radical (unpaired) electrons. The standard InChI is InChI=1S/C8H9NO.C4H6O2/c1-7(9-10)8-5-3-2-4-6-8;1-3(2)4(5)6/h2-6,10H,1H3;1H2,2H3,(H,5,6). The van der Waals surface area contributed by atoms with E-state index in [0.717, 1.165) is 5.56 Å². The summed E-state index contributed by atoms with van der Waals surface area (Å²) in [5.41, 5.74) is 1.76. The van der Waals surface area contributed by atoms with Crippen LogP contribution in [0.25, 0.3) is 0 Å². The number of aliphatic carboxylic acids is 1. The van der Waals surface area contributed by atoms with Gasteiger partial charge < -0.3 is 10.3 Å². The zero-order chi connectivity index (χ0) is 12.6. The Hall–Kier alpha value is -2.10. The van der Waals surface area contributed by atoms with Crippen molar-refractivity contribution in [1.82, 2.24) is 0 Å². The maximum atomic E-state index is 9.60. The lowest BCUT2D eigenvalue weighted by atomic mass is 10.1. The molecule has 0 saturated carbocycles. The Morgan fingerprint density at radius 1 is 1.25 bits per heavy atom. The van der Waals surface area contributed by atoms with Crippen LogP contribution in [0.5, 0.6) is 0 Å². The minimum absolute atomic E-state index is 0.176. The summed E-state index contributed by atoms with van der Waals surface area (Å²) in [4.78, 5) is 9.60. The molecular weight excluding hydrogens is 206 g/mol. The monoisotopic (exact) mass is 221 g/mol. The van der Waals surface area contributed by atoms with Crippen LogP contribution in [0.15, 0.2) is 47.6 Å². The van der Waals surface area contributed by atoms with Gasteiger partial charge in [-0.15, -0.1) is 0 Å². The van der Waals surface area contributed by atoms with Gasteiger partial charge in [0, 0.05) is 5.57 Å². The predicted molar refractivity (Wildman–Crippen MR) is 62.9 cm³/mol. The summed E-state index contributed by atoms with van der Waals surface area (Å²) >= 11 is 0. The van der Waals surface area contributed by atoms with Crippen LogP contribution in [-0.2, 0) is 4.79 Å². The van der Waals surface area contributed by atoms with Crippen LogP contribution in [0.4, 0.5) is 0 Å². The molecular formula is C12H15NO3. The first-order valence-corrected chi connectivity index (χ1v) is 4.62. The van der Waals surface area contributed by atoms with E-state index in [1.165, 1.54) is 6.92 Å². The molecule has 0 unspecified atom stereocenters. The zero-order valence-electron chi connectivity index (χ0n) is 9.34. The molecule has 0 spiro atoms. The average Bonchev–Trinajstić information content (AvgIpc) is 2.30. The lowest BCUT2D eigenvalue weighted by molar-refractivity contribution is -0.132. The fraction of sp³-hybridized carbons (Fsp3) is 0.167. The van der Waals surface area contributed by atoms with E-state index in [1.807, 2.05) is 30.3 Å². The summed E-state index contributed by atoms with van der Waals surface area (Å²) in [6.45, 7) is 6.36. The van der Waals surface area contributed by atoms with Gasteiger partial charge in [-0.25, -0.2) is 4.79 Å². The van der Waals surface area contributed by atoms with Crippen LogP contribution in [0.2, 0.25) is 0 Å². The minimum Gasteiger partial charge on any atom is -0.478 e. The maximum Gasteiger partial charge on any atom is 0.330 e. The lowest BCUT2D eigenvalue weighted by Gasteiger charge is -1.94. The van der Waals surface area contributed by atoms with Crippen LogP contribution in [0.1, 0.15) is 19.4 Å². The third-order valence-electron chi connectivity index (χ3n) is 1.71. The molecule has 0 aromatic heterocycles. The van der Waals surface area contributed by atoms with Crippen molar-refractivity contribution in [3.63, 3.8) is 0 Å². The van der Waals surface area contributed by atoms with Gasteiger partial charge in [-0.2, -0.15) is 0 Å². The molecule has 0 fully saturated rings. The van der Waals surface area contributed by atoms with E-state index < -0.39 is 5.97 Å². The van der Waals surface area contributed by atoms with Crippen molar-refractivity contribution in [2.45, 2.75) is 13.8 Å². The Morgan fingerprint density at radius 3 is 2.00 bits per heavy atom. The van der Waals surface area contributed by atoms with E-state index in [4.69, 9.17) is 10.3 Å². The molecule has 0 aliphatic heterocycles. The molecule has 0 aliphatic carbocycles. The first-order valence-electron chi connectivity index (χ1n) is 4.62. The molecule has 1 aromatic rings. The van der Waals surface area contributed by atoms with Gasteiger partial charge in [0.05, 0.1) is 5.71 Å². The highest BCUT2D eigenvalue weighted by Gasteiger charge is 1.92. The molecule has 0 amide bonds. The van der Waals surface area contributed by atoms with Crippen molar-refractivity contribution < 1.29 is 15.1 Å². The summed E-state index contributed by atoms with van der Waals surface area (Å²) in [5, 5.41) is 19.3. The molecule has 1 rings (SSSR count). The number of benzene rings is 1. The largest absolute Gasteiger partial charge is 0.478 e. The third-order valence-corrected chi connectivity index (χ3v) is 1.71. The van der Waals surface area contributed by atoms with E-state index in [-0.39, 0.29) is 5.57 Å². The van der Waals surface area contributed by atoms with Crippen molar-refractivity contribution in [2.75, 3.05) is 0 Å². The topological polar surface area (TPSA) is 69.9 Å². The lowest BCUT2D eigenvalue weighted by Crippen LogP contribution is -1.92. The Morgan fingerprint density at radius 2 is 1.69 bits per heavy atom. The van der Waals surface area contributed by atoms with Crippen LogP contribution in [-0.4, -0.2) is 22.0 Å². The minimum atomic E-state index is -0.935. The SMILES string of the molecule is C=C(C)C(=O)O.CC(=NO)c1ccccc1. The van der Waals surface area contributed by atoms with E-state index in [0.29, 0.717) is 5.71 Å². The quantitative estimate of drug-likeness (QED) is 0.349. The van der Waals surface area contributed by atoms with E-state index in [2.05, 4.69) is 11.7 Å². The molecule has 4 nitrogen and oxygen atoms in total. The Balaban J connectivity index is 0.000000325. The number of nitrogens with zero attached hydrogens (tertiary/aromatic N) is 1. The van der Waals surface area contributed by atoms with Crippen molar-refractivity contribution >= 4 is 11.7 Å². The molecule has 0 saturated heterocycles. The van der Waals surface area contributed by atoms with Gasteiger partial charge in [-0.05, 0) is 19.4 Å². The molecule has 4 heteroatoms. The van der Waals surface area contributed by atoms with Gasteiger partial charge in [-0.3, -0.25) is 0 Å². The van der Waals surface area contributed by atoms with Crippen LogP contribution in [0, 0.1) is 0 Å². The van der Waals surface area contributed by atoms with E-state index >= 15 is 0 Å². The first kappa shape index (κ1) is 13.9. The molecule has 2 N–H and O–H groups in total. The summed E-state index contributed by atoms with van der Waals surface area (Å²) < 4.78 is 0. The van der Waals surface area contributed by atoms with Crippen molar-refractivity contribution in [3.05, 3.63) is 48.0 Å². The highest BCUT2D eigenvalue weighted by molar-refractivity contribution is 5.98. The second-order valence-electron chi connectivity index (χ2n) is 3.14. The fourth-order valence-corrected chi connectivity index (χ4v) is 0.737. The van der Waals surface area contributed by atoms with Crippen molar-refractivity contribution in [2.24, 2.45) is 5.16 Å². The molecule has 0 heterocycles. The van der Waals surface area contributed by atoms with Crippen molar-refractivity contribution in [1.29, 1.82) is 0 Å². The number of carboxylic acids is 1. The van der Waals surface area contributed by atoms with Gasteiger partial charge in [0.15, 0.2) is 0 Å². The third kappa shape index (κ3) is 5.59. The van der Waals surface area contributed by atoms with Crippen LogP contribution in [0.3, 0.4) is 0 Å². The molecule has 86 valence electrons. The predicted octanol–water partition coefficient (Wildman–Crippen LogP) is 2.53. The van der Waals surface area contributed by atoms with Gasteiger partial charge in [0.1, 0.15) is 0 Å². The Bertz CT molecular complexity index is 371. The number of oxime groups is 1. The smallest absolute Gasteiger partial charge is 0.330 e. The Labute approximate surface area is 94.5 Å². The van der Waals surface area contributed by atoms with Crippen LogP contribution >= 0.6 is 0 Å². The average molecular weight is 221 g/mol. The number of hydrogen-bond donors (Lipinski definition) is 2. The van der Waals surface area contributed by atoms with Gasteiger partial charge >= 0.3 is 5.97 Å². The maximum absolute atomic E-state index is 9.60. The van der Waals surface area contributed by atoms with E-state index in [1.54, 1.807) is 6.92 Å².